The van der Waals surface area contributed by atoms with Crippen LogP contribution in [0.1, 0.15) is 24.2 Å². The van der Waals surface area contributed by atoms with E-state index >= 15 is 0 Å². The Morgan fingerprint density at radius 3 is 2.15 bits per heavy atom. The summed E-state index contributed by atoms with van der Waals surface area (Å²) in [5.74, 6) is -9.54. The van der Waals surface area contributed by atoms with Gasteiger partial charge in [0.1, 0.15) is 11.4 Å². The molecule has 3 rings (SSSR count). The predicted octanol–water partition coefficient (Wildman–Crippen LogP) is 4.25. The number of carbonyl (C=O) groups excluding carboxylic acids is 1. The summed E-state index contributed by atoms with van der Waals surface area (Å²) in [6.07, 6.45) is 0. The fourth-order valence-corrected chi connectivity index (χ4v) is 3.52. The molecule has 178 valence electrons. The maximum Gasteiger partial charge on any atom is 0.257 e. The zero-order valence-electron chi connectivity index (χ0n) is 17.9. The maximum atomic E-state index is 14.1. The van der Waals surface area contributed by atoms with E-state index in [0.717, 1.165) is 4.90 Å². The summed E-state index contributed by atoms with van der Waals surface area (Å²) in [6, 6.07) is 6.59. The molecule has 1 aliphatic heterocycles. The van der Waals surface area contributed by atoms with Crippen LogP contribution in [0.25, 0.3) is 0 Å². The van der Waals surface area contributed by atoms with E-state index in [2.05, 4.69) is 5.32 Å². The van der Waals surface area contributed by atoms with Crippen molar-refractivity contribution in [1.82, 2.24) is 10.2 Å². The number of thiocarbonyl (C=S) groups is 1. The highest BCUT2D eigenvalue weighted by atomic mass is 32.1. The number of nitrogens with zero attached hydrogens (tertiary/aromatic N) is 2. The number of rotatable bonds is 5. The Morgan fingerprint density at radius 1 is 1.00 bits per heavy atom. The van der Waals surface area contributed by atoms with Crippen molar-refractivity contribution in [3.05, 3.63) is 58.9 Å². The first-order chi connectivity index (χ1) is 15.6. The number of benzene rings is 2. The molecule has 1 N–H and O–H groups in total. The van der Waals surface area contributed by atoms with Gasteiger partial charge in [0.05, 0.1) is 6.61 Å². The van der Waals surface area contributed by atoms with E-state index in [1.165, 1.54) is 0 Å². The van der Waals surface area contributed by atoms with E-state index in [1.807, 2.05) is 13.8 Å². The molecule has 2 aromatic carbocycles. The highest BCUT2D eigenvalue weighted by Crippen LogP contribution is 2.30. The largest absolute Gasteiger partial charge is 0.493 e. The summed E-state index contributed by atoms with van der Waals surface area (Å²) in [7, 11) is 0. The Labute approximate surface area is 193 Å². The van der Waals surface area contributed by atoms with Crippen LogP contribution in [0, 0.1) is 35.0 Å². The molecule has 0 aromatic heterocycles. The highest BCUT2D eigenvalue weighted by Gasteiger charge is 2.31. The first kappa shape index (κ1) is 24.7. The van der Waals surface area contributed by atoms with Crippen LogP contribution in [0.3, 0.4) is 0 Å². The van der Waals surface area contributed by atoms with E-state index < -0.39 is 40.7 Å². The minimum Gasteiger partial charge on any atom is -0.493 e. The van der Waals surface area contributed by atoms with Gasteiger partial charge in [-0.1, -0.05) is 19.9 Å². The topological polar surface area (TPSA) is 44.8 Å². The fraction of sp³-hybridized carbons (Fsp3) is 0.364. The molecule has 1 fully saturated rings. The number of ether oxygens (including phenoxy) is 1. The molecule has 5 nitrogen and oxygen atoms in total. The molecule has 0 unspecified atom stereocenters. The van der Waals surface area contributed by atoms with E-state index in [0.29, 0.717) is 23.8 Å². The van der Waals surface area contributed by atoms with Crippen molar-refractivity contribution in [1.29, 1.82) is 0 Å². The molecule has 33 heavy (non-hydrogen) atoms. The third-order valence-corrected chi connectivity index (χ3v) is 5.33. The first-order valence-corrected chi connectivity index (χ1v) is 10.6. The first-order valence-electron chi connectivity index (χ1n) is 10.2. The van der Waals surface area contributed by atoms with Gasteiger partial charge < -0.3 is 14.5 Å². The number of carbonyl (C=O) groups is 1. The molecular formula is C22H22F5N3O2S. The molecule has 0 atom stereocenters. The average Bonchev–Trinajstić information content (AvgIpc) is 2.80. The molecular weight excluding hydrogens is 465 g/mol. The van der Waals surface area contributed by atoms with Gasteiger partial charge in [-0.2, -0.15) is 0 Å². The lowest BCUT2D eigenvalue weighted by Crippen LogP contribution is -2.53. The predicted molar refractivity (Wildman–Crippen MR) is 117 cm³/mol. The summed E-state index contributed by atoms with van der Waals surface area (Å²) in [5, 5.41) is 2.68. The van der Waals surface area contributed by atoms with Crippen LogP contribution < -0.4 is 15.0 Å². The Hall–Kier alpha value is -2.95. The molecule has 1 aliphatic rings. The second-order valence-corrected chi connectivity index (χ2v) is 8.27. The SMILES string of the molecule is CC(C)COc1cccc(C(=O)NC(=S)N2CCN(c3c(F)c(F)c(F)c(F)c3F)CC2)c1. The van der Waals surface area contributed by atoms with Gasteiger partial charge in [-0.05, 0) is 36.3 Å². The molecule has 0 bridgehead atoms. The number of nitrogens with one attached hydrogen (secondary N) is 1. The average molecular weight is 487 g/mol. The van der Waals surface area contributed by atoms with Gasteiger partial charge >= 0.3 is 0 Å². The third-order valence-electron chi connectivity index (χ3n) is 4.97. The Kier molecular flexibility index (Phi) is 7.72. The minimum absolute atomic E-state index is 0.0626. The van der Waals surface area contributed by atoms with Crippen molar-refractivity contribution in [3.8, 4) is 5.75 Å². The van der Waals surface area contributed by atoms with E-state index in [1.54, 1.807) is 29.2 Å². The van der Waals surface area contributed by atoms with Gasteiger partial charge in [0.2, 0.25) is 5.82 Å². The van der Waals surface area contributed by atoms with Gasteiger partial charge in [-0.25, -0.2) is 22.0 Å². The minimum atomic E-state index is -2.20. The number of hydrogen-bond acceptors (Lipinski definition) is 4. The molecule has 0 radical (unpaired) electrons. The zero-order chi connectivity index (χ0) is 24.3. The Bertz CT molecular complexity index is 1030. The van der Waals surface area contributed by atoms with Crippen LogP contribution in [0.5, 0.6) is 5.75 Å². The van der Waals surface area contributed by atoms with Gasteiger partial charge in [0.15, 0.2) is 28.4 Å². The van der Waals surface area contributed by atoms with Crippen LogP contribution >= 0.6 is 12.2 Å². The summed E-state index contributed by atoms with van der Waals surface area (Å²) < 4.78 is 74.0. The van der Waals surface area contributed by atoms with Crippen molar-refractivity contribution < 1.29 is 31.5 Å². The molecule has 1 saturated heterocycles. The quantitative estimate of drug-likeness (QED) is 0.296. The molecule has 0 saturated carbocycles. The lowest BCUT2D eigenvalue weighted by Gasteiger charge is -2.37. The monoisotopic (exact) mass is 487 g/mol. The molecule has 1 amide bonds. The zero-order valence-corrected chi connectivity index (χ0v) is 18.7. The Balaban J connectivity index is 1.62. The number of amides is 1. The fourth-order valence-electron chi connectivity index (χ4n) is 3.24. The maximum absolute atomic E-state index is 14.1. The van der Waals surface area contributed by atoms with Crippen molar-refractivity contribution in [2.24, 2.45) is 5.92 Å². The number of piperazine rings is 1. The summed E-state index contributed by atoms with van der Waals surface area (Å²) in [5.41, 5.74) is -0.641. The van der Waals surface area contributed by atoms with Crippen LogP contribution in [0.4, 0.5) is 27.6 Å². The number of halogens is 5. The van der Waals surface area contributed by atoms with Crippen LogP contribution in [-0.2, 0) is 0 Å². The van der Waals surface area contributed by atoms with Crippen LogP contribution in [0.2, 0.25) is 0 Å². The van der Waals surface area contributed by atoms with Crippen molar-refractivity contribution >= 4 is 28.9 Å². The highest BCUT2D eigenvalue weighted by molar-refractivity contribution is 7.80. The standard InChI is InChI=1S/C22H22F5N3O2S/c1-12(2)11-32-14-5-3-4-13(10-14)21(31)28-22(33)30-8-6-29(7-9-30)20-18(26)16(24)15(23)17(25)19(20)27/h3-5,10,12H,6-9,11H2,1-2H3,(H,28,31,33). The molecule has 11 heteroatoms. The second kappa shape index (κ2) is 10.3. The summed E-state index contributed by atoms with van der Waals surface area (Å²) in [4.78, 5) is 15.2. The molecule has 0 spiro atoms. The summed E-state index contributed by atoms with van der Waals surface area (Å²) >= 11 is 5.26. The lowest BCUT2D eigenvalue weighted by molar-refractivity contribution is 0.0972. The van der Waals surface area contributed by atoms with Gasteiger partial charge in [-0.15, -0.1) is 0 Å². The van der Waals surface area contributed by atoms with Crippen molar-refractivity contribution in [2.75, 3.05) is 37.7 Å². The third kappa shape index (κ3) is 5.52. The van der Waals surface area contributed by atoms with Gasteiger partial charge in [0.25, 0.3) is 5.91 Å². The van der Waals surface area contributed by atoms with Crippen LogP contribution in [-0.4, -0.2) is 48.7 Å². The number of anilines is 1. The Morgan fingerprint density at radius 2 is 1.58 bits per heavy atom. The smallest absolute Gasteiger partial charge is 0.257 e. The van der Waals surface area contributed by atoms with Gasteiger partial charge in [-0.3, -0.25) is 10.1 Å². The van der Waals surface area contributed by atoms with E-state index in [9.17, 15) is 26.7 Å². The molecule has 2 aromatic rings. The van der Waals surface area contributed by atoms with Crippen molar-refractivity contribution in [3.63, 3.8) is 0 Å². The lowest BCUT2D eigenvalue weighted by atomic mass is 10.2. The van der Waals surface area contributed by atoms with Gasteiger partial charge in [0, 0.05) is 31.7 Å². The second-order valence-electron chi connectivity index (χ2n) is 7.88. The van der Waals surface area contributed by atoms with Crippen LogP contribution in [0.15, 0.2) is 24.3 Å². The normalized spacial score (nSPS) is 13.9. The van der Waals surface area contributed by atoms with Crippen molar-refractivity contribution in [2.45, 2.75) is 13.8 Å². The summed E-state index contributed by atoms with van der Waals surface area (Å²) in [6.45, 7) is 4.59. The van der Waals surface area contributed by atoms with E-state index in [-0.39, 0.29) is 31.3 Å². The number of hydrogen-bond donors (Lipinski definition) is 1. The van der Waals surface area contributed by atoms with E-state index in [4.69, 9.17) is 17.0 Å². The molecule has 0 aliphatic carbocycles. The molecule has 1 heterocycles.